The van der Waals surface area contributed by atoms with Gasteiger partial charge in [0.25, 0.3) is 5.91 Å². The van der Waals surface area contributed by atoms with Gasteiger partial charge >= 0.3 is 0 Å². The summed E-state index contributed by atoms with van der Waals surface area (Å²) >= 11 is 5.97. The molecule has 1 aliphatic rings. The lowest BCUT2D eigenvalue weighted by molar-refractivity contribution is -0.135. The van der Waals surface area contributed by atoms with Crippen LogP contribution in [-0.4, -0.2) is 23.2 Å². The number of amides is 1. The van der Waals surface area contributed by atoms with Crippen LogP contribution in [0.2, 0.25) is 5.02 Å². The standard InChI is InChI=1S/C22H16ClN3O3/c23-17-7-5-16(6-8-17)19-12-20(21-2-1-11-28-21)26(25-19)22(27)14-29-18-9-3-15(13-24)4-10-18/h1-11,20H,12,14H2. The van der Waals surface area contributed by atoms with E-state index in [1.54, 1.807) is 48.7 Å². The Balaban J connectivity index is 1.53. The topological polar surface area (TPSA) is 78.8 Å². The quantitative estimate of drug-likeness (QED) is 0.623. The number of halogens is 1. The van der Waals surface area contributed by atoms with E-state index in [1.807, 2.05) is 24.3 Å². The minimum Gasteiger partial charge on any atom is -0.484 e. The van der Waals surface area contributed by atoms with Gasteiger partial charge in [0.05, 0.1) is 23.6 Å². The first kappa shape index (κ1) is 18.8. The average Bonchev–Trinajstić information content (AvgIpc) is 3.43. The Morgan fingerprint density at radius 2 is 1.97 bits per heavy atom. The smallest absolute Gasteiger partial charge is 0.281 e. The number of hydrazone groups is 1. The van der Waals surface area contributed by atoms with Crippen LogP contribution >= 0.6 is 11.6 Å². The molecule has 0 aliphatic carbocycles. The highest BCUT2D eigenvalue weighted by molar-refractivity contribution is 6.30. The van der Waals surface area contributed by atoms with Crippen molar-refractivity contribution in [3.8, 4) is 11.8 Å². The summed E-state index contributed by atoms with van der Waals surface area (Å²) in [7, 11) is 0. The van der Waals surface area contributed by atoms with Gasteiger partial charge in [0, 0.05) is 11.4 Å². The normalized spacial score (nSPS) is 15.7. The number of carbonyl (C=O) groups excluding carboxylic acids is 1. The van der Waals surface area contributed by atoms with Gasteiger partial charge < -0.3 is 9.15 Å². The van der Waals surface area contributed by atoms with Crippen molar-refractivity contribution in [1.82, 2.24) is 5.01 Å². The van der Waals surface area contributed by atoms with Crippen LogP contribution in [0.1, 0.15) is 29.3 Å². The maximum absolute atomic E-state index is 12.9. The van der Waals surface area contributed by atoms with Gasteiger partial charge in [-0.3, -0.25) is 4.79 Å². The number of furan rings is 1. The van der Waals surface area contributed by atoms with Crippen LogP contribution in [0.15, 0.2) is 76.4 Å². The summed E-state index contributed by atoms with van der Waals surface area (Å²) in [4.78, 5) is 12.9. The molecule has 29 heavy (non-hydrogen) atoms. The summed E-state index contributed by atoms with van der Waals surface area (Å²) in [6, 6.07) is 19.2. The fourth-order valence-corrected chi connectivity index (χ4v) is 3.22. The van der Waals surface area contributed by atoms with Gasteiger partial charge in [-0.15, -0.1) is 0 Å². The first-order valence-corrected chi connectivity index (χ1v) is 9.33. The average molecular weight is 406 g/mol. The van der Waals surface area contributed by atoms with Gasteiger partial charge in [0.2, 0.25) is 0 Å². The van der Waals surface area contributed by atoms with E-state index in [0.29, 0.717) is 28.5 Å². The molecule has 0 fully saturated rings. The molecule has 6 nitrogen and oxygen atoms in total. The third kappa shape index (κ3) is 4.15. The van der Waals surface area contributed by atoms with Crippen LogP contribution in [0.4, 0.5) is 0 Å². The largest absolute Gasteiger partial charge is 0.484 e. The molecule has 0 saturated heterocycles. The van der Waals surface area contributed by atoms with Crippen LogP contribution in [0.5, 0.6) is 5.75 Å². The summed E-state index contributed by atoms with van der Waals surface area (Å²) in [6.45, 7) is -0.180. The highest BCUT2D eigenvalue weighted by atomic mass is 35.5. The van der Waals surface area contributed by atoms with E-state index in [0.717, 1.165) is 11.3 Å². The third-order valence-electron chi connectivity index (χ3n) is 4.56. The maximum Gasteiger partial charge on any atom is 0.281 e. The second kappa shape index (κ2) is 8.21. The zero-order valence-electron chi connectivity index (χ0n) is 15.3. The predicted molar refractivity (Wildman–Crippen MR) is 108 cm³/mol. The molecule has 1 atom stereocenters. The van der Waals surface area contributed by atoms with E-state index in [4.69, 9.17) is 26.0 Å². The molecule has 144 valence electrons. The molecule has 7 heteroatoms. The Kier molecular flexibility index (Phi) is 5.32. The van der Waals surface area contributed by atoms with Crippen molar-refractivity contribution in [2.24, 2.45) is 5.10 Å². The first-order chi connectivity index (χ1) is 14.1. The van der Waals surface area contributed by atoms with E-state index >= 15 is 0 Å². The Bertz CT molecular complexity index is 1070. The van der Waals surface area contributed by atoms with Crippen LogP contribution in [0.25, 0.3) is 0 Å². The third-order valence-corrected chi connectivity index (χ3v) is 4.81. The lowest BCUT2D eigenvalue weighted by Gasteiger charge is -2.20. The molecule has 1 amide bonds. The summed E-state index contributed by atoms with van der Waals surface area (Å²) in [5.41, 5.74) is 2.20. The zero-order valence-corrected chi connectivity index (χ0v) is 16.0. The highest BCUT2D eigenvalue weighted by Gasteiger charge is 2.35. The fourth-order valence-electron chi connectivity index (χ4n) is 3.10. The molecule has 0 radical (unpaired) electrons. The Morgan fingerprint density at radius 1 is 1.21 bits per heavy atom. The molecule has 0 N–H and O–H groups in total. The molecular formula is C22H16ClN3O3. The van der Waals surface area contributed by atoms with Crippen molar-refractivity contribution in [1.29, 1.82) is 5.26 Å². The second-order valence-electron chi connectivity index (χ2n) is 6.45. The van der Waals surface area contributed by atoms with E-state index in [1.165, 1.54) is 5.01 Å². The molecular weight excluding hydrogens is 390 g/mol. The molecule has 0 bridgehead atoms. The number of ether oxygens (including phenoxy) is 1. The van der Waals surface area contributed by atoms with Gasteiger partial charge in [-0.25, -0.2) is 5.01 Å². The lowest BCUT2D eigenvalue weighted by atomic mass is 10.0. The van der Waals surface area contributed by atoms with Crippen molar-refractivity contribution in [3.63, 3.8) is 0 Å². The van der Waals surface area contributed by atoms with Crippen LogP contribution in [0.3, 0.4) is 0 Å². The van der Waals surface area contributed by atoms with Gasteiger partial charge in [-0.1, -0.05) is 23.7 Å². The summed E-state index contributed by atoms with van der Waals surface area (Å²) in [6.07, 6.45) is 2.10. The predicted octanol–water partition coefficient (Wildman–Crippen LogP) is 4.56. The number of hydrogen-bond acceptors (Lipinski definition) is 5. The molecule has 2 aromatic carbocycles. The van der Waals surface area contributed by atoms with Crippen molar-refractivity contribution in [2.45, 2.75) is 12.5 Å². The fraction of sp³-hybridized carbons (Fsp3) is 0.136. The number of hydrogen-bond donors (Lipinski definition) is 0. The maximum atomic E-state index is 12.9. The van der Waals surface area contributed by atoms with Crippen LogP contribution in [-0.2, 0) is 4.79 Å². The minimum atomic E-state index is -0.340. The van der Waals surface area contributed by atoms with Crippen molar-refractivity contribution >= 4 is 23.2 Å². The SMILES string of the molecule is N#Cc1ccc(OCC(=O)N2N=C(c3ccc(Cl)cc3)CC2c2ccco2)cc1. The van der Waals surface area contributed by atoms with Crippen LogP contribution in [0, 0.1) is 11.3 Å². The van der Waals surface area contributed by atoms with Gasteiger partial charge in [0.1, 0.15) is 17.6 Å². The minimum absolute atomic E-state index is 0.180. The van der Waals surface area contributed by atoms with Gasteiger partial charge in [-0.05, 0) is 54.1 Å². The summed E-state index contributed by atoms with van der Waals surface area (Å²) in [5.74, 6) is 0.872. The molecule has 2 heterocycles. The lowest BCUT2D eigenvalue weighted by Crippen LogP contribution is -2.31. The molecule has 1 unspecified atom stereocenters. The summed E-state index contributed by atoms with van der Waals surface area (Å²) < 4.78 is 11.1. The van der Waals surface area contributed by atoms with E-state index < -0.39 is 0 Å². The Morgan fingerprint density at radius 3 is 2.62 bits per heavy atom. The van der Waals surface area contributed by atoms with Crippen molar-refractivity contribution in [2.75, 3.05) is 6.61 Å². The summed E-state index contributed by atoms with van der Waals surface area (Å²) in [5, 5.41) is 15.4. The van der Waals surface area contributed by atoms with E-state index in [9.17, 15) is 4.79 Å². The molecule has 3 aromatic rings. The van der Waals surface area contributed by atoms with E-state index in [-0.39, 0.29) is 18.6 Å². The van der Waals surface area contributed by atoms with Crippen molar-refractivity contribution in [3.05, 3.63) is 88.8 Å². The number of benzene rings is 2. The Labute approximate surface area is 172 Å². The Hall–Kier alpha value is -3.56. The van der Waals surface area contributed by atoms with Crippen molar-refractivity contribution < 1.29 is 13.9 Å². The number of nitrogens with zero attached hydrogens (tertiary/aromatic N) is 3. The second-order valence-corrected chi connectivity index (χ2v) is 6.89. The van der Waals surface area contributed by atoms with Crippen LogP contribution < -0.4 is 4.74 Å². The highest BCUT2D eigenvalue weighted by Crippen LogP contribution is 2.33. The van der Waals surface area contributed by atoms with E-state index in [2.05, 4.69) is 5.10 Å². The number of rotatable bonds is 5. The molecule has 4 rings (SSSR count). The number of carbonyl (C=O) groups is 1. The molecule has 1 aromatic heterocycles. The molecule has 0 spiro atoms. The molecule has 0 saturated carbocycles. The monoisotopic (exact) mass is 405 g/mol. The van der Waals surface area contributed by atoms with Gasteiger partial charge in [0.15, 0.2) is 6.61 Å². The number of nitriles is 1. The zero-order chi connectivity index (χ0) is 20.2. The first-order valence-electron chi connectivity index (χ1n) is 8.96. The molecule has 1 aliphatic heterocycles. The van der Waals surface area contributed by atoms with Gasteiger partial charge in [-0.2, -0.15) is 10.4 Å².